The topological polar surface area (TPSA) is 77.0 Å². The number of ether oxygens (including phenoxy) is 1. The molecule has 0 radical (unpaired) electrons. The highest BCUT2D eigenvalue weighted by Crippen LogP contribution is 2.18. The van der Waals surface area contributed by atoms with Crippen LogP contribution in [-0.2, 0) is 24.0 Å². The average Bonchev–Trinajstić information content (AvgIpc) is 2.85. The Morgan fingerprint density at radius 1 is 0.800 bits per heavy atom. The molecule has 4 aromatic rings. The summed E-state index contributed by atoms with van der Waals surface area (Å²) >= 11 is 0. The van der Waals surface area contributed by atoms with Gasteiger partial charge in [0.05, 0.1) is 12.2 Å². The third-order valence-corrected chi connectivity index (χ3v) is 5.62. The Hall–Kier alpha value is -4.06. The highest BCUT2D eigenvalue weighted by Gasteiger charge is 2.11. The molecule has 0 amide bonds. The van der Waals surface area contributed by atoms with E-state index in [9.17, 15) is 4.79 Å². The minimum atomic E-state index is -0.319. The minimum absolute atomic E-state index is 0.319. The molecule has 0 aliphatic heterocycles. The van der Waals surface area contributed by atoms with Crippen LogP contribution in [0, 0.1) is 6.92 Å². The molecule has 4 rings (SSSR count). The molecule has 178 valence electrons. The van der Waals surface area contributed by atoms with Crippen molar-refractivity contribution in [3.63, 3.8) is 0 Å². The van der Waals surface area contributed by atoms with E-state index in [1.54, 1.807) is 19.1 Å². The highest BCUT2D eigenvalue weighted by atomic mass is 16.5. The lowest BCUT2D eigenvalue weighted by Crippen LogP contribution is -2.09. The summed E-state index contributed by atoms with van der Waals surface area (Å²) in [5.74, 6) is 1.57. The molecule has 0 bridgehead atoms. The van der Waals surface area contributed by atoms with E-state index in [-0.39, 0.29) is 5.97 Å². The van der Waals surface area contributed by atoms with Gasteiger partial charge in [0.2, 0.25) is 5.95 Å². The second-order valence-electron chi connectivity index (χ2n) is 8.43. The summed E-state index contributed by atoms with van der Waals surface area (Å²) in [6.07, 6.45) is 2.15. The Labute approximate surface area is 206 Å². The Balaban J connectivity index is 1.60. The van der Waals surface area contributed by atoms with E-state index in [0.29, 0.717) is 42.6 Å². The molecule has 1 heterocycles. The predicted molar refractivity (Wildman–Crippen MR) is 138 cm³/mol. The summed E-state index contributed by atoms with van der Waals surface area (Å²) in [5, 5.41) is 3.33. The van der Waals surface area contributed by atoms with Crippen molar-refractivity contribution < 1.29 is 9.53 Å². The summed E-state index contributed by atoms with van der Waals surface area (Å²) in [4.78, 5) is 26.1. The molecule has 0 saturated carbocycles. The van der Waals surface area contributed by atoms with Crippen molar-refractivity contribution in [2.24, 2.45) is 0 Å². The highest BCUT2D eigenvalue weighted by molar-refractivity contribution is 5.89. The number of hydrogen-bond acceptors (Lipinski definition) is 6. The molecule has 1 N–H and O–H groups in total. The lowest BCUT2D eigenvalue weighted by molar-refractivity contribution is 0.0526. The molecular formula is C29H30N4O2. The number of benzene rings is 3. The largest absolute Gasteiger partial charge is 0.462 e. The number of nitrogens with one attached hydrogen (secondary N) is 1. The van der Waals surface area contributed by atoms with Gasteiger partial charge >= 0.3 is 5.97 Å². The first-order valence-corrected chi connectivity index (χ1v) is 11.9. The van der Waals surface area contributed by atoms with Crippen LogP contribution in [0.15, 0.2) is 72.8 Å². The normalized spacial score (nSPS) is 10.7. The molecular weight excluding hydrogens is 436 g/mol. The Bertz CT molecular complexity index is 1290. The van der Waals surface area contributed by atoms with Crippen LogP contribution in [0.4, 0.5) is 11.6 Å². The molecule has 0 spiro atoms. The van der Waals surface area contributed by atoms with E-state index < -0.39 is 0 Å². The molecule has 0 aliphatic rings. The first-order valence-electron chi connectivity index (χ1n) is 11.9. The van der Waals surface area contributed by atoms with Crippen LogP contribution < -0.4 is 5.32 Å². The maximum atomic E-state index is 12.0. The third-order valence-electron chi connectivity index (χ3n) is 5.62. The predicted octanol–water partition coefficient (Wildman–Crippen LogP) is 5.84. The van der Waals surface area contributed by atoms with Gasteiger partial charge in [0.15, 0.2) is 0 Å². The van der Waals surface area contributed by atoms with Crippen molar-refractivity contribution in [2.45, 2.75) is 40.0 Å². The number of hydrogen-bond donors (Lipinski definition) is 1. The van der Waals surface area contributed by atoms with E-state index in [4.69, 9.17) is 14.7 Å². The molecule has 0 aliphatic carbocycles. The number of aryl methyl sites for hydroxylation is 2. The second-order valence-corrected chi connectivity index (χ2v) is 8.43. The van der Waals surface area contributed by atoms with Crippen LogP contribution in [0.5, 0.6) is 0 Å². The first kappa shape index (κ1) is 24.1. The Morgan fingerprint density at radius 2 is 1.40 bits per heavy atom. The lowest BCUT2D eigenvalue weighted by atomic mass is 10.1. The number of rotatable bonds is 9. The molecule has 0 fully saturated rings. The van der Waals surface area contributed by atoms with E-state index in [0.717, 1.165) is 28.8 Å². The maximum Gasteiger partial charge on any atom is 0.338 e. The average molecular weight is 467 g/mol. The molecule has 3 aromatic carbocycles. The standard InChI is InChI=1S/C29H30N4O2/c1-4-21-9-11-22(12-10-21)18-26-31-27(19-23-13-15-24(16-14-23)28(34)35-5-2)33-29(32-26)30-25-8-6-7-20(3)17-25/h6-17H,4-5,18-19H2,1-3H3,(H,30,31,32,33). The number of anilines is 2. The summed E-state index contributed by atoms with van der Waals surface area (Å²) in [6, 6.07) is 24.0. The van der Waals surface area contributed by atoms with Gasteiger partial charge in [-0.2, -0.15) is 9.97 Å². The van der Waals surface area contributed by atoms with Crippen LogP contribution in [0.2, 0.25) is 0 Å². The fourth-order valence-corrected chi connectivity index (χ4v) is 3.77. The van der Waals surface area contributed by atoms with Gasteiger partial charge in [-0.25, -0.2) is 9.78 Å². The summed E-state index contributed by atoms with van der Waals surface area (Å²) < 4.78 is 5.07. The third kappa shape index (κ3) is 6.73. The van der Waals surface area contributed by atoms with Gasteiger partial charge in [-0.05, 0) is 66.8 Å². The van der Waals surface area contributed by atoms with E-state index in [1.165, 1.54) is 5.56 Å². The zero-order chi connectivity index (χ0) is 24.6. The number of nitrogens with zero attached hydrogens (tertiary/aromatic N) is 3. The smallest absolute Gasteiger partial charge is 0.338 e. The minimum Gasteiger partial charge on any atom is -0.462 e. The molecule has 0 atom stereocenters. The van der Waals surface area contributed by atoms with Gasteiger partial charge in [0, 0.05) is 18.5 Å². The summed E-state index contributed by atoms with van der Waals surface area (Å²) in [7, 11) is 0. The number of aromatic nitrogens is 3. The van der Waals surface area contributed by atoms with Crippen molar-refractivity contribution >= 4 is 17.6 Å². The first-order chi connectivity index (χ1) is 17.0. The van der Waals surface area contributed by atoms with Gasteiger partial charge < -0.3 is 10.1 Å². The van der Waals surface area contributed by atoms with Gasteiger partial charge in [0.25, 0.3) is 0 Å². The van der Waals surface area contributed by atoms with Gasteiger partial charge in [-0.1, -0.05) is 55.5 Å². The fraction of sp³-hybridized carbons (Fsp3) is 0.241. The number of carbonyl (C=O) groups excluding carboxylic acids is 1. The quantitative estimate of drug-likeness (QED) is 0.312. The number of carbonyl (C=O) groups is 1. The molecule has 1 aromatic heterocycles. The van der Waals surface area contributed by atoms with Crippen molar-refractivity contribution in [1.29, 1.82) is 0 Å². The Kier molecular flexibility index (Phi) is 7.83. The van der Waals surface area contributed by atoms with Crippen LogP contribution in [0.25, 0.3) is 0 Å². The number of esters is 1. The molecule has 0 saturated heterocycles. The summed E-state index contributed by atoms with van der Waals surface area (Å²) in [5.41, 5.74) is 6.08. The zero-order valence-electron chi connectivity index (χ0n) is 20.4. The molecule has 6 heteroatoms. The van der Waals surface area contributed by atoms with Gasteiger partial charge in [0.1, 0.15) is 11.6 Å². The van der Waals surface area contributed by atoms with Gasteiger partial charge in [-0.15, -0.1) is 0 Å². The van der Waals surface area contributed by atoms with Crippen molar-refractivity contribution in [1.82, 2.24) is 15.0 Å². The lowest BCUT2D eigenvalue weighted by Gasteiger charge is -2.10. The van der Waals surface area contributed by atoms with Gasteiger partial charge in [-0.3, -0.25) is 0 Å². The fourth-order valence-electron chi connectivity index (χ4n) is 3.77. The van der Waals surface area contributed by atoms with E-state index in [2.05, 4.69) is 60.5 Å². The van der Waals surface area contributed by atoms with Crippen LogP contribution in [0.1, 0.15) is 58.1 Å². The molecule has 0 unspecified atom stereocenters. The SMILES string of the molecule is CCOC(=O)c1ccc(Cc2nc(Cc3ccc(CC)cc3)nc(Nc3cccc(C)c3)n2)cc1. The van der Waals surface area contributed by atoms with Crippen LogP contribution >= 0.6 is 0 Å². The Morgan fingerprint density at radius 3 is 1.97 bits per heavy atom. The van der Waals surface area contributed by atoms with E-state index >= 15 is 0 Å². The monoisotopic (exact) mass is 466 g/mol. The summed E-state index contributed by atoms with van der Waals surface area (Å²) in [6.45, 7) is 6.35. The maximum absolute atomic E-state index is 12.0. The van der Waals surface area contributed by atoms with Crippen molar-refractivity contribution in [3.05, 3.63) is 112 Å². The van der Waals surface area contributed by atoms with E-state index in [1.807, 2.05) is 24.3 Å². The molecule has 35 heavy (non-hydrogen) atoms. The zero-order valence-corrected chi connectivity index (χ0v) is 20.4. The van der Waals surface area contributed by atoms with Crippen molar-refractivity contribution in [2.75, 3.05) is 11.9 Å². The second kappa shape index (κ2) is 11.4. The van der Waals surface area contributed by atoms with Crippen LogP contribution in [0.3, 0.4) is 0 Å². The van der Waals surface area contributed by atoms with Crippen molar-refractivity contribution in [3.8, 4) is 0 Å². The van der Waals surface area contributed by atoms with Crippen LogP contribution in [-0.4, -0.2) is 27.5 Å². The molecule has 6 nitrogen and oxygen atoms in total.